The summed E-state index contributed by atoms with van der Waals surface area (Å²) in [5, 5.41) is 3.10. The van der Waals surface area contributed by atoms with E-state index in [1.165, 1.54) is 22.5 Å². The number of benzene rings is 1. The highest BCUT2D eigenvalue weighted by molar-refractivity contribution is 7.17. The molecule has 1 aromatic carbocycles. The van der Waals surface area contributed by atoms with Crippen LogP contribution in [0.2, 0.25) is 0 Å². The van der Waals surface area contributed by atoms with Crippen LogP contribution in [0.25, 0.3) is 0 Å². The summed E-state index contributed by atoms with van der Waals surface area (Å²) in [6.07, 6.45) is 6.97. The van der Waals surface area contributed by atoms with E-state index in [0.29, 0.717) is 16.3 Å². The van der Waals surface area contributed by atoms with Gasteiger partial charge >= 0.3 is 5.97 Å². The van der Waals surface area contributed by atoms with Crippen molar-refractivity contribution in [3.63, 3.8) is 0 Å². The summed E-state index contributed by atoms with van der Waals surface area (Å²) in [7, 11) is 0. The second kappa shape index (κ2) is 8.87. The predicted molar refractivity (Wildman–Crippen MR) is 113 cm³/mol. The molecule has 0 radical (unpaired) electrons. The minimum Gasteiger partial charge on any atom is -0.482 e. The number of nitrogens with two attached hydrogens (primary N) is 1. The zero-order valence-corrected chi connectivity index (χ0v) is 17.4. The Hall–Kier alpha value is -2.87. The molecule has 30 heavy (non-hydrogen) atoms. The van der Waals surface area contributed by atoms with Crippen molar-refractivity contribution in [1.29, 1.82) is 0 Å². The second-order valence-corrected chi connectivity index (χ2v) is 8.67. The molecule has 0 bridgehead atoms. The van der Waals surface area contributed by atoms with Gasteiger partial charge in [-0.3, -0.25) is 9.59 Å². The molecule has 0 aliphatic heterocycles. The van der Waals surface area contributed by atoms with E-state index >= 15 is 0 Å². The fraction of sp³-hybridized carbons (Fsp3) is 0.409. The summed E-state index contributed by atoms with van der Waals surface area (Å²) < 4.78 is 10.5. The van der Waals surface area contributed by atoms with Gasteiger partial charge in [0.15, 0.2) is 13.2 Å². The van der Waals surface area contributed by atoms with Crippen LogP contribution in [0.15, 0.2) is 18.2 Å². The number of nitrogens with one attached hydrogen (secondary N) is 1. The highest BCUT2D eigenvalue weighted by Crippen LogP contribution is 2.37. The van der Waals surface area contributed by atoms with E-state index in [2.05, 4.69) is 5.32 Å². The molecule has 1 heterocycles. The Morgan fingerprint density at radius 2 is 1.80 bits per heavy atom. The number of ether oxygens (including phenoxy) is 2. The molecule has 2 aliphatic rings. The number of fused-ring (bicyclic) bond motifs is 2. The van der Waals surface area contributed by atoms with Crippen LogP contribution >= 0.6 is 11.3 Å². The van der Waals surface area contributed by atoms with E-state index in [1.807, 2.05) is 18.2 Å². The zero-order valence-electron chi connectivity index (χ0n) is 16.6. The van der Waals surface area contributed by atoms with Gasteiger partial charge in [-0.2, -0.15) is 0 Å². The van der Waals surface area contributed by atoms with Crippen molar-refractivity contribution in [2.45, 2.75) is 44.9 Å². The highest BCUT2D eigenvalue weighted by atomic mass is 32.1. The number of anilines is 1. The van der Waals surface area contributed by atoms with Gasteiger partial charge in [-0.05, 0) is 73.8 Å². The first kappa shape index (κ1) is 20.4. The van der Waals surface area contributed by atoms with Gasteiger partial charge in [-0.15, -0.1) is 11.3 Å². The Balaban J connectivity index is 1.28. The van der Waals surface area contributed by atoms with Gasteiger partial charge in [-0.1, -0.05) is 6.07 Å². The molecule has 2 amide bonds. The van der Waals surface area contributed by atoms with Crippen molar-refractivity contribution >= 4 is 34.1 Å². The number of aryl methyl sites for hydroxylation is 3. The van der Waals surface area contributed by atoms with E-state index in [-0.39, 0.29) is 6.61 Å². The first-order chi connectivity index (χ1) is 14.5. The summed E-state index contributed by atoms with van der Waals surface area (Å²) in [5.74, 6) is -1.08. The van der Waals surface area contributed by atoms with Crippen molar-refractivity contribution in [3.05, 3.63) is 45.3 Å². The van der Waals surface area contributed by atoms with Crippen molar-refractivity contribution < 1.29 is 23.9 Å². The van der Waals surface area contributed by atoms with Gasteiger partial charge in [0.1, 0.15) is 10.8 Å². The van der Waals surface area contributed by atoms with E-state index in [1.54, 1.807) is 0 Å². The number of esters is 1. The van der Waals surface area contributed by atoms with Crippen LogP contribution in [0, 0.1) is 0 Å². The topological polar surface area (TPSA) is 108 Å². The highest BCUT2D eigenvalue weighted by Gasteiger charge is 2.25. The van der Waals surface area contributed by atoms with Gasteiger partial charge in [0.2, 0.25) is 0 Å². The van der Waals surface area contributed by atoms with Crippen LogP contribution < -0.4 is 15.8 Å². The molecule has 7 nitrogen and oxygen atoms in total. The van der Waals surface area contributed by atoms with E-state index in [4.69, 9.17) is 15.2 Å². The molecule has 0 fully saturated rings. The SMILES string of the molecule is NC(=O)c1c(NC(=O)COC(=O)COc2ccc3c(c2)CCC3)sc2c1CCCC2. The van der Waals surface area contributed by atoms with Crippen LogP contribution in [0.4, 0.5) is 5.00 Å². The predicted octanol–water partition coefficient (Wildman–Crippen LogP) is 2.78. The Kier molecular flexibility index (Phi) is 6.03. The third-order valence-corrected chi connectivity index (χ3v) is 6.67. The molecule has 158 valence electrons. The molecule has 0 atom stereocenters. The average molecular weight is 429 g/mol. The fourth-order valence-corrected chi connectivity index (χ4v) is 5.36. The van der Waals surface area contributed by atoms with Gasteiger partial charge in [0.25, 0.3) is 11.8 Å². The maximum Gasteiger partial charge on any atom is 0.344 e. The molecule has 0 saturated carbocycles. The van der Waals surface area contributed by atoms with Crippen molar-refractivity contribution in [2.75, 3.05) is 18.5 Å². The number of rotatable bonds is 7. The van der Waals surface area contributed by atoms with Crippen molar-refractivity contribution in [1.82, 2.24) is 0 Å². The van der Waals surface area contributed by atoms with Crippen LogP contribution in [0.1, 0.15) is 51.2 Å². The van der Waals surface area contributed by atoms with E-state index < -0.39 is 24.4 Å². The number of carbonyl (C=O) groups excluding carboxylic acids is 3. The first-order valence-electron chi connectivity index (χ1n) is 10.2. The molecule has 8 heteroatoms. The van der Waals surface area contributed by atoms with Gasteiger partial charge < -0.3 is 20.5 Å². The minimum atomic E-state index is -0.633. The number of hydrogen-bond donors (Lipinski definition) is 2. The summed E-state index contributed by atoms with van der Waals surface area (Å²) in [4.78, 5) is 37.1. The lowest BCUT2D eigenvalue weighted by molar-refractivity contribution is -0.149. The smallest absolute Gasteiger partial charge is 0.344 e. The molecule has 2 aromatic rings. The molecule has 0 spiro atoms. The normalized spacial score (nSPS) is 14.5. The third-order valence-electron chi connectivity index (χ3n) is 5.46. The lowest BCUT2D eigenvalue weighted by Crippen LogP contribution is -2.24. The molecule has 0 unspecified atom stereocenters. The second-order valence-electron chi connectivity index (χ2n) is 7.56. The number of carbonyl (C=O) groups is 3. The Labute approximate surface area is 178 Å². The van der Waals surface area contributed by atoms with Crippen LogP contribution in [0.3, 0.4) is 0 Å². The lowest BCUT2D eigenvalue weighted by Gasteiger charge is -2.11. The zero-order chi connectivity index (χ0) is 21.1. The largest absolute Gasteiger partial charge is 0.482 e. The molecule has 0 saturated heterocycles. The average Bonchev–Trinajstić information content (AvgIpc) is 3.34. The maximum atomic E-state index is 12.2. The summed E-state index contributed by atoms with van der Waals surface area (Å²) in [5.41, 5.74) is 9.43. The standard InChI is InChI=1S/C22H24N2O5S/c23-21(27)20-16-6-1-2-7-17(16)30-22(20)24-18(25)11-29-19(26)12-28-15-9-8-13-4-3-5-14(13)10-15/h8-10H,1-7,11-12H2,(H2,23,27)(H,24,25). The molecular formula is C22H24N2O5S. The lowest BCUT2D eigenvalue weighted by atomic mass is 9.95. The maximum absolute atomic E-state index is 12.2. The number of thiophene rings is 1. The molecule has 3 N–H and O–H groups in total. The number of amides is 2. The van der Waals surface area contributed by atoms with E-state index in [9.17, 15) is 14.4 Å². The fourth-order valence-electron chi connectivity index (χ4n) is 4.05. The summed E-state index contributed by atoms with van der Waals surface area (Å²) in [6.45, 7) is -0.723. The molecule has 1 aromatic heterocycles. The van der Waals surface area contributed by atoms with Crippen molar-refractivity contribution in [3.8, 4) is 5.75 Å². The van der Waals surface area contributed by atoms with Crippen LogP contribution in [-0.2, 0) is 40.0 Å². The van der Waals surface area contributed by atoms with E-state index in [0.717, 1.165) is 55.4 Å². The minimum absolute atomic E-state index is 0.272. The van der Waals surface area contributed by atoms with Crippen molar-refractivity contribution in [2.24, 2.45) is 5.73 Å². The summed E-state index contributed by atoms with van der Waals surface area (Å²) >= 11 is 1.37. The first-order valence-corrected chi connectivity index (χ1v) is 11.0. The summed E-state index contributed by atoms with van der Waals surface area (Å²) in [6, 6.07) is 5.81. The van der Waals surface area contributed by atoms with Crippen LogP contribution in [0.5, 0.6) is 5.75 Å². The third kappa shape index (κ3) is 4.48. The number of primary amides is 1. The monoisotopic (exact) mass is 428 g/mol. The Bertz CT molecular complexity index is 998. The molecular weight excluding hydrogens is 404 g/mol. The Morgan fingerprint density at radius 3 is 2.63 bits per heavy atom. The van der Waals surface area contributed by atoms with Gasteiger partial charge in [0.05, 0.1) is 5.56 Å². The quantitative estimate of drug-likeness (QED) is 0.660. The van der Waals surface area contributed by atoms with Crippen LogP contribution in [-0.4, -0.2) is 31.0 Å². The van der Waals surface area contributed by atoms with Gasteiger partial charge in [-0.25, -0.2) is 4.79 Å². The molecule has 4 rings (SSSR count). The number of hydrogen-bond acceptors (Lipinski definition) is 6. The molecule has 2 aliphatic carbocycles. The Morgan fingerprint density at radius 1 is 1.00 bits per heavy atom. The van der Waals surface area contributed by atoms with Gasteiger partial charge in [0, 0.05) is 4.88 Å².